The standard InChI is InChI=1S/C49H30N4/c1-4-13-31(14-5-1)32-23-25-34(26-24-32)48-50-47(33-15-6-2-7-16-33)51-49(52-48)36-28-27-35-30-43-46-44(41(35)29-36)39-20-11-10-19-38(39)40-21-12-22-42(45(40)46)53(43)37-17-8-3-9-18-37/h1-30H. The molecule has 9 aromatic carbocycles. The van der Waals surface area contributed by atoms with Crippen molar-refractivity contribution in [2.24, 2.45) is 0 Å². The smallest absolute Gasteiger partial charge is 0.164 e. The first-order valence-corrected chi connectivity index (χ1v) is 18.0. The topological polar surface area (TPSA) is 43.6 Å². The van der Waals surface area contributed by atoms with Crippen molar-refractivity contribution < 1.29 is 0 Å². The fraction of sp³-hybridized carbons (Fsp3) is 0. The third kappa shape index (κ3) is 4.66. The summed E-state index contributed by atoms with van der Waals surface area (Å²) in [6, 6.07) is 64.3. The van der Waals surface area contributed by atoms with E-state index in [-0.39, 0.29) is 0 Å². The zero-order valence-electron chi connectivity index (χ0n) is 28.6. The number of rotatable bonds is 5. The van der Waals surface area contributed by atoms with Gasteiger partial charge in [-0.3, -0.25) is 0 Å². The molecule has 0 amide bonds. The number of hydrogen-bond donors (Lipinski definition) is 0. The Labute approximate surface area is 305 Å². The van der Waals surface area contributed by atoms with Crippen LogP contribution in [0.2, 0.25) is 0 Å². The molecule has 0 atom stereocenters. The predicted molar refractivity (Wildman–Crippen MR) is 220 cm³/mol. The van der Waals surface area contributed by atoms with Gasteiger partial charge in [-0.15, -0.1) is 0 Å². The average molecular weight is 675 g/mol. The van der Waals surface area contributed by atoms with Crippen molar-refractivity contribution in [3.63, 3.8) is 0 Å². The first-order chi connectivity index (χ1) is 26.3. The molecule has 0 bridgehead atoms. The van der Waals surface area contributed by atoms with Gasteiger partial charge in [-0.2, -0.15) is 0 Å². The van der Waals surface area contributed by atoms with Gasteiger partial charge in [0.2, 0.25) is 0 Å². The van der Waals surface area contributed by atoms with Crippen LogP contribution in [0.5, 0.6) is 0 Å². The van der Waals surface area contributed by atoms with Crippen LogP contribution in [-0.4, -0.2) is 19.5 Å². The Morgan fingerprint density at radius 2 is 0.811 bits per heavy atom. The predicted octanol–water partition coefficient (Wildman–Crippen LogP) is 12.5. The molecule has 0 radical (unpaired) electrons. The second kappa shape index (κ2) is 11.7. The van der Waals surface area contributed by atoms with Gasteiger partial charge in [-0.1, -0.05) is 152 Å². The molecule has 0 aliphatic heterocycles. The van der Waals surface area contributed by atoms with Gasteiger partial charge in [-0.25, -0.2) is 15.0 Å². The highest BCUT2D eigenvalue weighted by Crippen LogP contribution is 2.47. The van der Waals surface area contributed by atoms with Crippen molar-refractivity contribution in [1.29, 1.82) is 0 Å². The Bertz CT molecular complexity index is 3130. The molecular weight excluding hydrogens is 645 g/mol. The van der Waals surface area contributed by atoms with Crippen LogP contribution in [0.25, 0.3) is 105 Å². The molecule has 0 unspecified atom stereocenters. The van der Waals surface area contributed by atoms with E-state index in [1.165, 1.54) is 59.7 Å². The summed E-state index contributed by atoms with van der Waals surface area (Å²) in [5.74, 6) is 1.94. The highest BCUT2D eigenvalue weighted by atomic mass is 15.0. The maximum absolute atomic E-state index is 5.15. The molecule has 2 aromatic heterocycles. The van der Waals surface area contributed by atoms with Crippen molar-refractivity contribution in [2.45, 2.75) is 0 Å². The first kappa shape index (κ1) is 29.5. The molecule has 0 aliphatic rings. The molecule has 53 heavy (non-hydrogen) atoms. The summed E-state index contributed by atoms with van der Waals surface area (Å²) < 4.78 is 2.42. The third-order valence-corrected chi connectivity index (χ3v) is 10.6. The number of benzene rings is 9. The molecule has 0 fully saturated rings. The van der Waals surface area contributed by atoms with Gasteiger partial charge in [0.1, 0.15) is 0 Å². The highest BCUT2D eigenvalue weighted by molar-refractivity contribution is 6.39. The summed E-state index contributed by atoms with van der Waals surface area (Å²) in [7, 11) is 0. The summed E-state index contributed by atoms with van der Waals surface area (Å²) >= 11 is 0. The minimum absolute atomic E-state index is 0.645. The van der Waals surface area contributed by atoms with Crippen LogP contribution in [-0.2, 0) is 0 Å². The van der Waals surface area contributed by atoms with Crippen molar-refractivity contribution in [2.75, 3.05) is 0 Å². The quantitative estimate of drug-likeness (QED) is 0.171. The van der Waals surface area contributed by atoms with Gasteiger partial charge >= 0.3 is 0 Å². The molecule has 0 spiro atoms. The molecular formula is C49H30N4. The number of aromatic nitrogens is 4. The van der Waals surface area contributed by atoms with Crippen LogP contribution < -0.4 is 0 Å². The number of nitrogens with zero attached hydrogens (tertiary/aromatic N) is 4. The second-order valence-corrected chi connectivity index (χ2v) is 13.6. The van der Waals surface area contributed by atoms with Crippen LogP contribution in [0.3, 0.4) is 0 Å². The van der Waals surface area contributed by atoms with Gasteiger partial charge in [0.25, 0.3) is 0 Å². The molecule has 246 valence electrons. The zero-order chi connectivity index (χ0) is 34.9. The molecule has 2 heterocycles. The van der Waals surface area contributed by atoms with Crippen LogP contribution in [0.15, 0.2) is 182 Å². The van der Waals surface area contributed by atoms with Crippen LogP contribution in [0.4, 0.5) is 0 Å². The largest absolute Gasteiger partial charge is 0.309 e. The van der Waals surface area contributed by atoms with Gasteiger partial charge in [0.15, 0.2) is 17.5 Å². The van der Waals surface area contributed by atoms with E-state index < -0.39 is 0 Å². The lowest BCUT2D eigenvalue weighted by Crippen LogP contribution is -2.00. The molecule has 11 aromatic rings. The maximum atomic E-state index is 5.15. The fourth-order valence-electron chi connectivity index (χ4n) is 8.16. The summed E-state index contributed by atoms with van der Waals surface area (Å²) in [6.45, 7) is 0. The van der Waals surface area contributed by atoms with Crippen LogP contribution in [0, 0.1) is 0 Å². The lowest BCUT2D eigenvalue weighted by molar-refractivity contribution is 1.07. The van der Waals surface area contributed by atoms with Gasteiger partial charge < -0.3 is 4.57 Å². The molecule has 0 saturated heterocycles. The van der Waals surface area contributed by atoms with Gasteiger partial charge in [0, 0.05) is 38.5 Å². The minimum atomic E-state index is 0.645. The molecule has 4 nitrogen and oxygen atoms in total. The van der Waals surface area contributed by atoms with Crippen LogP contribution in [0.1, 0.15) is 0 Å². The Hall–Kier alpha value is -7.17. The second-order valence-electron chi connectivity index (χ2n) is 13.6. The monoisotopic (exact) mass is 674 g/mol. The minimum Gasteiger partial charge on any atom is -0.309 e. The Balaban J connectivity index is 1.17. The summed E-state index contributed by atoms with van der Waals surface area (Å²) in [5.41, 5.74) is 8.74. The summed E-state index contributed by atoms with van der Waals surface area (Å²) in [4.78, 5) is 15.3. The Morgan fingerprint density at radius 3 is 1.53 bits per heavy atom. The average Bonchev–Trinajstić information content (AvgIpc) is 3.57. The third-order valence-electron chi connectivity index (χ3n) is 10.6. The van der Waals surface area contributed by atoms with E-state index in [9.17, 15) is 0 Å². The lowest BCUT2D eigenvalue weighted by atomic mass is 9.90. The lowest BCUT2D eigenvalue weighted by Gasteiger charge is -2.13. The molecule has 0 aliphatic carbocycles. The van der Waals surface area contributed by atoms with E-state index in [2.05, 4.69) is 162 Å². The summed E-state index contributed by atoms with van der Waals surface area (Å²) in [6.07, 6.45) is 0. The van der Waals surface area contributed by atoms with Crippen molar-refractivity contribution in [1.82, 2.24) is 19.5 Å². The number of para-hydroxylation sites is 1. The molecule has 0 saturated carbocycles. The van der Waals surface area contributed by atoms with Crippen molar-refractivity contribution >= 4 is 54.1 Å². The SMILES string of the molecule is c1ccc(-c2ccc(-c3nc(-c4ccccc4)nc(-c4ccc5cc6c7c(c5c4)c4ccccc4c4cccc(c47)n6-c4ccccc4)n3)cc2)cc1. The highest BCUT2D eigenvalue weighted by Gasteiger charge is 2.22. The van der Waals surface area contributed by atoms with E-state index in [1.807, 2.05) is 24.3 Å². The van der Waals surface area contributed by atoms with Gasteiger partial charge in [0.05, 0.1) is 11.0 Å². The van der Waals surface area contributed by atoms with E-state index >= 15 is 0 Å². The first-order valence-electron chi connectivity index (χ1n) is 18.0. The van der Waals surface area contributed by atoms with E-state index in [1.54, 1.807) is 0 Å². The van der Waals surface area contributed by atoms with Gasteiger partial charge in [-0.05, 0) is 68.4 Å². The zero-order valence-corrected chi connectivity index (χ0v) is 28.6. The number of hydrogen-bond acceptors (Lipinski definition) is 3. The normalized spacial score (nSPS) is 11.8. The Morgan fingerprint density at radius 1 is 0.302 bits per heavy atom. The molecule has 11 rings (SSSR count). The van der Waals surface area contributed by atoms with Crippen LogP contribution >= 0.6 is 0 Å². The molecule has 0 N–H and O–H groups in total. The maximum Gasteiger partial charge on any atom is 0.164 e. The van der Waals surface area contributed by atoms with Crippen molar-refractivity contribution in [3.05, 3.63) is 182 Å². The van der Waals surface area contributed by atoms with E-state index in [0.29, 0.717) is 17.5 Å². The Kier molecular flexibility index (Phi) is 6.52. The van der Waals surface area contributed by atoms with E-state index in [4.69, 9.17) is 15.0 Å². The van der Waals surface area contributed by atoms with E-state index in [0.717, 1.165) is 27.9 Å². The fourth-order valence-corrected chi connectivity index (χ4v) is 8.16. The number of fused-ring (bicyclic) bond motifs is 5. The summed E-state index contributed by atoms with van der Waals surface area (Å²) in [5, 5.41) is 9.94. The van der Waals surface area contributed by atoms with Crippen molar-refractivity contribution in [3.8, 4) is 51.0 Å². The molecule has 4 heteroatoms.